The molecule has 1 heterocycles. The fourth-order valence-corrected chi connectivity index (χ4v) is 3.37. The van der Waals surface area contributed by atoms with Crippen molar-refractivity contribution < 1.29 is 13.6 Å². The second-order valence-electron chi connectivity index (χ2n) is 6.60. The number of nitrogens with one attached hydrogen (secondary N) is 2. The number of amides is 1. The van der Waals surface area contributed by atoms with Gasteiger partial charge < -0.3 is 10.3 Å². The summed E-state index contributed by atoms with van der Waals surface area (Å²) in [5, 5.41) is 2.68. The number of carbonyl (C=O) groups excluding carboxylic acids is 1. The Hall–Kier alpha value is -3.25. The third-order valence-electron chi connectivity index (χ3n) is 4.58. The van der Waals surface area contributed by atoms with Gasteiger partial charge in [-0.05, 0) is 36.2 Å². The minimum absolute atomic E-state index is 0.139. The molecule has 1 atom stereocenters. The zero-order valence-corrected chi connectivity index (χ0v) is 15.9. The van der Waals surface area contributed by atoms with Crippen molar-refractivity contribution in [2.45, 2.75) is 12.5 Å². The van der Waals surface area contributed by atoms with Crippen molar-refractivity contribution >= 4 is 28.5 Å². The van der Waals surface area contributed by atoms with Crippen LogP contribution in [0.1, 0.15) is 27.8 Å². The maximum Gasteiger partial charge on any atom is 0.253 e. The lowest BCUT2D eigenvalue weighted by Gasteiger charge is -2.17. The Labute approximate surface area is 170 Å². The lowest BCUT2D eigenvalue weighted by Crippen LogP contribution is -2.31. The summed E-state index contributed by atoms with van der Waals surface area (Å²) in [7, 11) is 0. The van der Waals surface area contributed by atoms with Gasteiger partial charge >= 0.3 is 0 Å². The van der Waals surface area contributed by atoms with Gasteiger partial charge in [-0.25, -0.2) is 13.8 Å². The number of aromatic amines is 1. The van der Waals surface area contributed by atoms with Gasteiger partial charge in [0, 0.05) is 0 Å². The van der Waals surface area contributed by atoms with E-state index in [1.54, 1.807) is 0 Å². The average Bonchev–Trinajstić information content (AvgIpc) is 3.15. The minimum Gasteiger partial charge on any atom is -0.342 e. The summed E-state index contributed by atoms with van der Waals surface area (Å²) in [4.78, 5) is 20.6. The zero-order valence-electron chi connectivity index (χ0n) is 15.1. The number of hydrogen-bond acceptors (Lipinski definition) is 2. The van der Waals surface area contributed by atoms with E-state index in [4.69, 9.17) is 11.6 Å². The van der Waals surface area contributed by atoms with Crippen molar-refractivity contribution in [2.24, 2.45) is 0 Å². The maximum atomic E-state index is 13.6. The molecular formula is C22H16ClF2N3O. The first-order valence-electron chi connectivity index (χ1n) is 8.95. The topological polar surface area (TPSA) is 57.8 Å². The number of aromatic nitrogens is 2. The first kappa shape index (κ1) is 19.1. The van der Waals surface area contributed by atoms with E-state index in [2.05, 4.69) is 15.3 Å². The van der Waals surface area contributed by atoms with Gasteiger partial charge in [0.05, 0.1) is 27.7 Å². The number of hydrogen-bond donors (Lipinski definition) is 2. The van der Waals surface area contributed by atoms with Crippen LogP contribution in [0.25, 0.3) is 11.0 Å². The molecule has 146 valence electrons. The van der Waals surface area contributed by atoms with Crippen LogP contribution in [-0.4, -0.2) is 15.9 Å². The molecular weight excluding hydrogens is 396 g/mol. The Balaban J connectivity index is 1.68. The summed E-state index contributed by atoms with van der Waals surface area (Å²) in [5.74, 6) is -2.30. The second kappa shape index (κ2) is 8.01. The molecule has 29 heavy (non-hydrogen) atoms. The zero-order chi connectivity index (χ0) is 20.4. The van der Waals surface area contributed by atoms with Gasteiger partial charge in [0.15, 0.2) is 11.6 Å². The predicted molar refractivity (Wildman–Crippen MR) is 108 cm³/mol. The molecule has 0 aliphatic rings. The number of benzene rings is 3. The van der Waals surface area contributed by atoms with Crippen LogP contribution in [0.4, 0.5) is 8.78 Å². The molecule has 0 fully saturated rings. The molecule has 0 unspecified atom stereocenters. The highest BCUT2D eigenvalue weighted by atomic mass is 35.5. The maximum absolute atomic E-state index is 13.6. The summed E-state index contributed by atoms with van der Waals surface area (Å²) < 4.78 is 27.0. The predicted octanol–water partition coefficient (Wildman–Crippen LogP) is 5.21. The third-order valence-corrected chi connectivity index (χ3v) is 4.89. The highest BCUT2D eigenvalue weighted by molar-refractivity contribution is 6.33. The fourth-order valence-electron chi connectivity index (χ4n) is 3.14. The first-order valence-corrected chi connectivity index (χ1v) is 9.33. The number of fused-ring (bicyclic) bond motifs is 1. The number of carbonyl (C=O) groups is 1. The van der Waals surface area contributed by atoms with Crippen molar-refractivity contribution in [3.05, 3.63) is 100 Å². The lowest BCUT2D eigenvalue weighted by molar-refractivity contribution is 0.0934. The third kappa shape index (κ3) is 4.12. The van der Waals surface area contributed by atoms with E-state index < -0.39 is 23.6 Å². The molecule has 4 rings (SSSR count). The largest absolute Gasteiger partial charge is 0.342 e. The molecule has 1 amide bonds. The molecule has 0 aliphatic heterocycles. The molecule has 1 aromatic heterocycles. The molecule has 0 saturated heterocycles. The normalized spacial score (nSPS) is 12.1. The summed E-state index contributed by atoms with van der Waals surface area (Å²) in [6.07, 6.45) is 0.452. The average molecular weight is 412 g/mol. The number of nitrogens with zero attached hydrogens (tertiary/aromatic N) is 1. The molecule has 0 bridgehead atoms. The quantitative estimate of drug-likeness (QED) is 0.443. The molecule has 0 aliphatic carbocycles. The number of para-hydroxylation sites is 2. The van der Waals surface area contributed by atoms with Gasteiger partial charge in [-0.1, -0.05) is 54.1 Å². The van der Waals surface area contributed by atoms with Crippen LogP contribution in [-0.2, 0) is 6.42 Å². The van der Waals surface area contributed by atoms with Crippen LogP contribution < -0.4 is 5.32 Å². The van der Waals surface area contributed by atoms with Crippen molar-refractivity contribution in [1.29, 1.82) is 0 Å². The second-order valence-corrected chi connectivity index (χ2v) is 7.01. The number of imidazole rings is 1. The first-order chi connectivity index (χ1) is 14.0. The van der Waals surface area contributed by atoms with Gasteiger partial charge in [0.1, 0.15) is 5.82 Å². The highest BCUT2D eigenvalue weighted by Gasteiger charge is 2.22. The number of rotatable bonds is 5. The Bertz CT molecular complexity index is 1140. The summed E-state index contributed by atoms with van der Waals surface area (Å²) in [6.45, 7) is 0. The Kier molecular flexibility index (Phi) is 5.27. The monoisotopic (exact) mass is 411 g/mol. The van der Waals surface area contributed by atoms with Gasteiger partial charge in [0.25, 0.3) is 5.91 Å². The lowest BCUT2D eigenvalue weighted by atomic mass is 10.0. The van der Waals surface area contributed by atoms with Crippen LogP contribution in [0, 0.1) is 11.6 Å². The van der Waals surface area contributed by atoms with Crippen LogP contribution in [0.15, 0.2) is 66.7 Å². The molecule has 0 saturated carbocycles. The summed E-state index contributed by atoms with van der Waals surface area (Å²) >= 11 is 5.96. The van der Waals surface area contributed by atoms with Crippen molar-refractivity contribution in [2.75, 3.05) is 0 Å². The van der Waals surface area contributed by atoms with E-state index in [1.165, 1.54) is 0 Å². The fraction of sp³-hybridized carbons (Fsp3) is 0.0909. The van der Waals surface area contributed by atoms with Crippen LogP contribution in [0.5, 0.6) is 0 Å². The van der Waals surface area contributed by atoms with E-state index in [0.717, 1.165) is 28.7 Å². The Morgan fingerprint density at radius 3 is 2.48 bits per heavy atom. The molecule has 0 spiro atoms. The van der Waals surface area contributed by atoms with Gasteiger partial charge in [-0.2, -0.15) is 0 Å². The standard InChI is InChI=1S/C22H16ClF2N3O/c23-15-12-17(25)16(24)11-14(15)22(29)28-20(10-13-6-2-1-3-7-13)21-26-18-8-4-5-9-19(18)27-21/h1-9,11-12,20H,10H2,(H,26,27)(H,28,29)/t20-/m1/s1. The van der Waals surface area contributed by atoms with E-state index in [-0.39, 0.29) is 10.6 Å². The highest BCUT2D eigenvalue weighted by Crippen LogP contribution is 2.23. The summed E-state index contributed by atoms with van der Waals surface area (Å²) in [5.41, 5.74) is 2.44. The minimum atomic E-state index is -1.14. The van der Waals surface area contributed by atoms with E-state index in [9.17, 15) is 13.6 Å². The molecule has 4 aromatic rings. The van der Waals surface area contributed by atoms with E-state index in [1.807, 2.05) is 54.6 Å². The Morgan fingerprint density at radius 1 is 1.03 bits per heavy atom. The molecule has 4 nitrogen and oxygen atoms in total. The number of halogens is 3. The van der Waals surface area contributed by atoms with Crippen molar-refractivity contribution in [3.8, 4) is 0 Å². The van der Waals surface area contributed by atoms with E-state index >= 15 is 0 Å². The van der Waals surface area contributed by atoms with Crippen LogP contribution in [0.2, 0.25) is 5.02 Å². The SMILES string of the molecule is O=C(N[C@H](Cc1ccccc1)c1nc2ccccc2[nH]1)c1cc(F)c(F)cc1Cl. The molecule has 3 aromatic carbocycles. The summed E-state index contributed by atoms with van der Waals surface area (Å²) in [6, 6.07) is 18.2. The smallest absolute Gasteiger partial charge is 0.253 e. The molecule has 7 heteroatoms. The molecule has 2 N–H and O–H groups in total. The van der Waals surface area contributed by atoms with Gasteiger partial charge in [0.2, 0.25) is 0 Å². The Morgan fingerprint density at radius 2 is 1.72 bits per heavy atom. The molecule has 0 radical (unpaired) electrons. The van der Waals surface area contributed by atoms with Crippen LogP contribution in [0.3, 0.4) is 0 Å². The number of H-pyrrole nitrogens is 1. The van der Waals surface area contributed by atoms with Crippen LogP contribution >= 0.6 is 11.6 Å². The van der Waals surface area contributed by atoms with Crippen molar-refractivity contribution in [3.63, 3.8) is 0 Å². The van der Waals surface area contributed by atoms with E-state index in [0.29, 0.717) is 12.2 Å². The van der Waals surface area contributed by atoms with Crippen molar-refractivity contribution in [1.82, 2.24) is 15.3 Å². The van der Waals surface area contributed by atoms with Gasteiger partial charge in [-0.3, -0.25) is 4.79 Å². The van der Waals surface area contributed by atoms with Gasteiger partial charge in [-0.15, -0.1) is 0 Å².